The monoisotopic (exact) mass is 227 g/mol. The Hall–Kier alpha value is -0.610. The van der Waals surface area contributed by atoms with Gasteiger partial charge in [0.25, 0.3) is 0 Å². The highest BCUT2D eigenvalue weighted by molar-refractivity contribution is 5.77. The summed E-state index contributed by atoms with van der Waals surface area (Å²) < 4.78 is 5.51. The smallest absolute Gasteiger partial charge is 0.0921 e. The Balaban J connectivity index is 2.54. The Morgan fingerprint density at radius 2 is 2.31 bits per heavy atom. The second-order valence-electron chi connectivity index (χ2n) is 4.83. The number of amidine groups is 1. The van der Waals surface area contributed by atoms with E-state index in [0.29, 0.717) is 30.3 Å². The molecule has 4 heteroatoms. The molecule has 94 valence electrons. The average molecular weight is 227 g/mol. The van der Waals surface area contributed by atoms with Gasteiger partial charge < -0.3 is 10.5 Å². The van der Waals surface area contributed by atoms with Gasteiger partial charge in [0, 0.05) is 26.1 Å². The van der Waals surface area contributed by atoms with Crippen molar-refractivity contribution < 1.29 is 4.74 Å². The molecule has 0 amide bonds. The number of likely N-dealkylation sites (tertiary alicyclic amines) is 1. The van der Waals surface area contributed by atoms with E-state index in [4.69, 9.17) is 15.9 Å². The fraction of sp³-hybridized carbons (Fsp3) is 0.917. The number of piperidine rings is 1. The summed E-state index contributed by atoms with van der Waals surface area (Å²) in [7, 11) is 1.79. The number of methoxy groups -OCH3 is 1. The van der Waals surface area contributed by atoms with Crippen molar-refractivity contribution in [3.8, 4) is 0 Å². The second kappa shape index (κ2) is 6.21. The molecule has 0 bridgehead atoms. The molecule has 3 atom stereocenters. The van der Waals surface area contributed by atoms with E-state index in [9.17, 15) is 0 Å². The molecular formula is C12H25N3O. The molecule has 1 saturated heterocycles. The first-order chi connectivity index (χ1) is 7.58. The normalized spacial score (nSPS) is 28.9. The van der Waals surface area contributed by atoms with Gasteiger partial charge in [-0.1, -0.05) is 13.8 Å². The lowest BCUT2D eigenvalue weighted by Crippen LogP contribution is -2.49. The summed E-state index contributed by atoms with van der Waals surface area (Å²) in [5, 5.41) is 7.40. The van der Waals surface area contributed by atoms with Crippen LogP contribution in [0.3, 0.4) is 0 Å². The molecular weight excluding hydrogens is 202 g/mol. The molecule has 1 fully saturated rings. The number of nitrogens with zero attached hydrogens (tertiary/aromatic N) is 1. The number of rotatable bonds is 5. The fourth-order valence-electron chi connectivity index (χ4n) is 2.48. The molecule has 4 nitrogen and oxygen atoms in total. The minimum absolute atomic E-state index is 0.291. The fourth-order valence-corrected chi connectivity index (χ4v) is 2.48. The van der Waals surface area contributed by atoms with E-state index in [2.05, 4.69) is 18.7 Å². The molecule has 0 aromatic carbocycles. The Kier molecular flexibility index (Phi) is 5.22. The molecule has 0 aromatic heterocycles. The highest BCUT2D eigenvalue weighted by Gasteiger charge is 2.29. The molecule has 0 spiro atoms. The summed E-state index contributed by atoms with van der Waals surface area (Å²) in [6, 6.07) is 0.405. The molecule has 0 aromatic rings. The van der Waals surface area contributed by atoms with Crippen LogP contribution in [0.25, 0.3) is 0 Å². The van der Waals surface area contributed by atoms with Crippen molar-refractivity contribution in [2.45, 2.75) is 45.3 Å². The van der Waals surface area contributed by atoms with Crippen LogP contribution in [0.1, 0.15) is 33.1 Å². The van der Waals surface area contributed by atoms with E-state index in [1.807, 2.05) is 0 Å². The van der Waals surface area contributed by atoms with E-state index in [-0.39, 0.29) is 0 Å². The van der Waals surface area contributed by atoms with Crippen molar-refractivity contribution in [2.24, 2.45) is 11.7 Å². The number of nitrogens with two attached hydrogens (primary N) is 1. The van der Waals surface area contributed by atoms with Crippen molar-refractivity contribution in [1.82, 2.24) is 4.90 Å². The van der Waals surface area contributed by atoms with Crippen molar-refractivity contribution >= 4 is 5.84 Å². The highest BCUT2D eigenvalue weighted by atomic mass is 16.5. The predicted octanol–water partition coefficient (Wildman–Crippen LogP) is 1.45. The number of hydrogen-bond acceptors (Lipinski definition) is 3. The molecule has 1 heterocycles. The van der Waals surface area contributed by atoms with Crippen LogP contribution in [0, 0.1) is 11.3 Å². The molecule has 0 radical (unpaired) electrons. The van der Waals surface area contributed by atoms with E-state index in [0.717, 1.165) is 19.5 Å². The summed E-state index contributed by atoms with van der Waals surface area (Å²) in [5.41, 5.74) is 5.50. The number of ether oxygens (including phenoxy) is 1. The quantitative estimate of drug-likeness (QED) is 0.552. The third-order valence-electron chi connectivity index (χ3n) is 3.67. The summed E-state index contributed by atoms with van der Waals surface area (Å²) >= 11 is 0. The van der Waals surface area contributed by atoms with Gasteiger partial charge in [-0.2, -0.15) is 0 Å². The maximum Gasteiger partial charge on any atom is 0.0921 e. The third-order valence-corrected chi connectivity index (χ3v) is 3.67. The van der Waals surface area contributed by atoms with Crippen LogP contribution in [0.5, 0.6) is 0 Å². The van der Waals surface area contributed by atoms with Crippen LogP contribution in [0.4, 0.5) is 0 Å². The SMILES string of the molecule is CCC(CC(=N)N)N1CCC(C)C(OC)C1. The van der Waals surface area contributed by atoms with Gasteiger partial charge in [0.05, 0.1) is 11.9 Å². The van der Waals surface area contributed by atoms with Crippen molar-refractivity contribution in [3.63, 3.8) is 0 Å². The lowest BCUT2D eigenvalue weighted by Gasteiger charge is -2.40. The van der Waals surface area contributed by atoms with Gasteiger partial charge >= 0.3 is 0 Å². The number of nitrogens with one attached hydrogen (secondary N) is 1. The van der Waals surface area contributed by atoms with Crippen LogP contribution in [0.15, 0.2) is 0 Å². The van der Waals surface area contributed by atoms with Crippen LogP contribution in [0.2, 0.25) is 0 Å². The highest BCUT2D eigenvalue weighted by Crippen LogP contribution is 2.23. The summed E-state index contributed by atoms with van der Waals surface area (Å²) in [4.78, 5) is 2.43. The zero-order valence-corrected chi connectivity index (χ0v) is 10.7. The van der Waals surface area contributed by atoms with Gasteiger partial charge in [-0.15, -0.1) is 0 Å². The molecule has 1 rings (SSSR count). The lowest BCUT2D eigenvalue weighted by molar-refractivity contribution is -0.0186. The van der Waals surface area contributed by atoms with Crippen molar-refractivity contribution in [2.75, 3.05) is 20.2 Å². The van der Waals surface area contributed by atoms with Crippen LogP contribution < -0.4 is 5.73 Å². The van der Waals surface area contributed by atoms with Gasteiger partial charge in [0.1, 0.15) is 0 Å². The van der Waals surface area contributed by atoms with E-state index >= 15 is 0 Å². The molecule has 16 heavy (non-hydrogen) atoms. The maximum atomic E-state index is 7.40. The maximum absolute atomic E-state index is 7.40. The first-order valence-corrected chi connectivity index (χ1v) is 6.18. The molecule has 3 N–H and O–H groups in total. The van der Waals surface area contributed by atoms with E-state index < -0.39 is 0 Å². The zero-order valence-electron chi connectivity index (χ0n) is 10.7. The minimum atomic E-state index is 0.291. The van der Waals surface area contributed by atoms with Gasteiger partial charge in [-0.05, 0) is 25.3 Å². The summed E-state index contributed by atoms with van der Waals surface area (Å²) in [6.07, 6.45) is 3.23. The topological polar surface area (TPSA) is 62.3 Å². The zero-order chi connectivity index (χ0) is 12.1. The van der Waals surface area contributed by atoms with E-state index in [1.54, 1.807) is 7.11 Å². The third kappa shape index (κ3) is 3.46. The Bertz CT molecular complexity index is 232. The lowest BCUT2D eigenvalue weighted by atomic mass is 9.93. The molecule has 1 aliphatic rings. The first kappa shape index (κ1) is 13.5. The van der Waals surface area contributed by atoms with Crippen LogP contribution in [-0.2, 0) is 4.74 Å². The van der Waals surface area contributed by atoms with E-state index in [1.165, 1.54) is 6.42 Å². The van der Waals surface area contributed by atoms with Crippen LogP contribution >= 0.6 is 0 Å². The molecule has 1 aliphatic heterocycles. The van der Waals surface area contributed by atoms with Gasteiger partial charge in [-0.25, -0.2) is 0 Å². The summed E-state index contributed by atoms with van der Waals surface area (Å²) in [5.74, 6) is 0.926. The van der Waals surface area contributed by atoms with Crippen molar-refractivity contribution in [1.29, 1.82) is 5.41 Å². The van der Waals surface area contributed by atoms with Crippen molar-refractivity contribution in [3.05, 3.63) is 0 Å². The Morgan fingerprint density at radius 3 is 2.81 bits per heavy atom. The van der Waals surface area contributed by atoms with Crippen LogP contribution in [-0.4, -0.2) is 43.1 Å². The van der Waals surface area contributed by atoms with Gasteiger partial charge in [-0.3, -0.25) is 10.3 Å². The molecule has 0 saturated carbocycles. The minimum Gasteiger partial charge on any atom is -0.388 e. The Labute approximate surface area is 98.6 Å². The molecule has 3 unspecified atom stereocenters. The average Bonchev–Trinajstić information content (AvgIpc) is 2.26. The predicted molar refractivity (Wildman–Crippen MR) is 66.8 cm³/mol. The first-order valence-electron chi connectivity index (χ1n) is 6.18. The second-order valence-corrected chi connectivity index (χ2v) is 4.83. The van der Waals surface area contributed by atoms with Gasteiger partial charge in [0.15, 0.2) is 0 Å². The molecule has 0 aliphatic carbocycles. The largest absolute Gasteiger partial charge is 0.388 e. The van der Waals surface area contributed by atoms with Gasteiger partial charge in [0.2, 0.25) is 0 Å². The standard InChI is InChI=1S/C12H25N3O/c1-4-10(7-12(13)14)15-6-5-9(2)11(8-15)16-3/h9-11H,4-8H2,1-3H3,(H3,13,14). The summed E-state index contributed by atoms with van der Waals surface area (Å²) in [6.45, 7) is 6.49. The Morgan fingerprint density at radius 1 is 1.62 bits per heavy atom. The number of hydrogen-bond donors (Lipinski definition) is 2.